The first-order valence-electron chi connectivity index (χ1n) is 6.24. The molecule has 0 saturated carbocycles. The maximum absolute atomic E-state index is 13.5. The molecule has 8 heteroatoms. The Bertz CT molecular complexity index is 688. The highest BCUT2D eigenvalue weighted by Crippen LogP contribution is 2.16. The average molecular weight is 322 g/mol. The molecule has 0 N–H and O–H groups in total. The third kappa shape index (κ3) is 4.78. The van der Waals surface area contributed by atoms with E-state index < -0.39 is 5.82 Å². The maximum atomic E-state index is 13.5. The number of hydrogen-bond acceptors (Lipinski definition) is 5. The summed E-state index contributed by atoms with van der Waals surface area (Å²) in [6.07, 6.45) is 3.86. The predicted molar refractivity (Wildman–Crippen MR) is 83.5 cm³/mol. The Morgan fingerprint density at radius 2 is 2.00 bits per heavy atom. The van der Waals surface area contributed by atoms with Gasteiger partial charge >= 0.3 is 6.01 Å². The fraction of sp³-hybridized carbons (Fsp3) is 0.143. The molecule has 1 heterocycles. The number of hydrogen-bond donors (Lipinski definition) is 0. The van der Waals surface area contributed by atoms with Crippen LogP contribution in [0.15, 0.2) is 40.6 Å². The fourth-order valence-electron chi connectivity index (χ4n) is 1.33. The lowest BCUT2D eigenvalue weighted by molar-refractivity contribution is 0.313. The summed E-state index contributed by atoms with van der Waals surface area (Å²) < 4.78 is 13.5. The molecule has 0 fully saturated rings. The van der Waals surface area contributed by atoms with Crippen LogP contribution in [0.2, 0.25) is 5.02 Å². The van der Waals surface area contributed by atoms with E-state index in [1.807, 2.05) is 0 Å². The van der Waals surface area contributed by atoms with Crippen LogP contribution in [0.25, 0.3) is 0 Å². The Balaban J connectivity index is 2.06. The molecule has 0 atom stereocenters. The van der Waals surface area contributed by atoms with Crippen LogP contribution in [-0.2, 0) is 0 Å². The van der Waals surface area contributed by atoms with E-state index >= 15 is 0 Å². The highest BCUT2D eigenvalue weighted by atomic mass is 35.5. The van der Waals surface area contributed by atoms with Crippen molar-refractivity contribution >= 4 is 30.0 Å². The van der Waals surface area contributed by atoms with Gasteiger partial charge in [-0.3, -0.25) is 0 Å². The summed E-state index contributed by atoms with van der Waals surface area (Å²) in [6.45, 7) is 0. The topological polar surface area (TPSA) is 63.0 Å². The summed E-state index contributed by atoms with van der Waals surface area (Å²) in [5.74, 6) is -0.771. The van der Waals surface area contributed by atoms with Gasteiger partial charge in [0.1, 0.15) is 0 Å². The largest absolute Gasteiger partial charge is 0.369 e. The highest BCUT2D eigenvalue weighted by molar-refractivity contribution is 6.30. The molecule has 0 amide bonds. The SMILES string of the molecule is CN(C)C=Nc1nc(O/N=C/c2ccc(Cl)cc2)ncc1F. The van der Waals surface area contributed by atoms with E-state index in [9.17, 15) is 4.39 Å². The first kappa shape index (κ1) is 15.8. The molecular formula is C14H13ClFN5O. The molecule has 1 aromatic carbocycles. The van der Waals surface area contributed by atoms with Crippen LogP contribution in [0.5, 0.6) is 6.01 Å². The van der Waals surface area contributed by atoms with Gasteiger partial charge in [0.2, 0.25) is 0 Å². The standard InChI is InChI=1S/C14H13ClFN5O/c1-21(2)9-18-13-12(16)8-17-14(20-13)22-19-7-10-3-5-11(15)6-4-10/h3-9H,1-2H3/b18-9?,19-7+. The molecule has 22 heavy (non-hydrogen) atoms. The molecule has 0 aliphatic heterocycles. The van der Waals surface area contributed by atoms with Gasteiger partial charge in [-0.25, -0.2) is 9.38 Å². The van der Waals surface area contributed by atoms with Crippen molar-refractivity contribution in [3.05, 3.63) is 46.9 Å². The first-order valence-corrected chi connectivity index (χ1v) is 6.61. The molecule has 0 radical (unpaired) electrons. The van der Waals surface area contributed by atoms with Crippen molar-refractivity contribution < 1.29 is 9.23 Å². The Morgan fingerprint density at radius 3 is 2.68 bits per heavy atom. The number of halogens is 2. The van der Waals surface area contributed by atoms with E-state index in [0.717, 1.165) is 11.8 Å². The second-order valence-corrected chi connectivity index (χ2v) is 4.85. The minimum Gasteiger partial charge on any atom is -0.369 e. The number of aromatic nitrogens is 2. The van der Waals surface area contributed by atoms with E-state index in [2.05, 4.69) is 20.1 Å². The molecule has 0 bridgehead atoms. The second kappa shape index (κ2) is 7.46. The molecule has 6 nitrogen and oxygen atoms in total. The molecule has 0 unspecified atom stereocenters. The third-order valence-electron chi connectivity index (χ3n) is 2.32. The van der Waals surface area contributed by atoms with Crippen molar-refractivity contribution in [2.45, 2.75) is 0 Å². The molecule has 114 valence electrons. The van der Waals surface area contributed by atoms with E-state index in [4.69, 9.17) is 16.4 Å². The van der Waals surface area contributed by atoms with Gasteiger partial charge in [0, 0.05) is 19.1 Å². The molecular weight excluding hydrogens is 309 g/mol. The van der Waals surface area contributed by atoms with Gasteiger partial charge in [-0.1, -0.05) is 28.9 Å². The van der Waals surface area contributed by atoms with E-state index in [0.29, 0.717) is 5.02 Å². The van der Waals surface area contributed by atoms with Crippen LogP contribution in [0, 0.1) is 5.82 Å². The molecule has 0 spiro atoms. The third-order valence-corrected chi connectivity index (χ3v) is 2.57. The van der Waals surface area contributed by atoms with Gasteiger partial charge in [0.15, 0.2) is 11.6 Å². The van der Waals surface area contributed by atoms with Crippen LogP contribution in [-0.4, -0.2) is 41.5 Å². The molecule has 2 rings (SSSR count). The summed E-state index contributed by atoms with van der Waals surface area (Å²) in [6, 6.07) is 6.90. The van der Waals surface area contributed by atoms with Gasteiger partial charge in [-0.05, 0) is 17.7 Å². The van der Waals surface area contributed by atoms with Crippen molar-refractivity contribution in [1.82, 2.24) is 14.9 Å². The zero-order valence-electron chi connectivity index (χ0n) is 11.9. The summed E-state index contributed by atoms with van der Waals surface area (Å²) in [5.41, 5.74) is 0.789. The van der Waals surface area contributed by atoms with Crippen LogP contribution < -0.4 is 4.84 Å². The number of rotatable bonds is 5. The van der Waals surface area contributed by atoms with Gasteiger partial charge < -0.3 is 9.74 Å². The summed E-state index contributed by atoms with van der Waals surface area (Å²) >= 11 is 5.78. The molecule has 2 aromatic rings. The van der Waals surface area contributed by atoms with E-state index in [-0.39, 0.29) is 11.8 Å². The minimum absolute atomic E-state index is 0.0995. The van der Waals surface area contributed by atoms with Crippen molar-refractivity contribution in [1.29, 1.82) is 0 Å². The molecule has 0 aliphatic rings. The average Bonchev–Trinajstić information content (AvgIpc) is 2.49. The Morgan fingerprint density at radius 1 is 1.27 bits per heavy atom. The lowest BCUT2D eigenvalue weighted by Gasteiger charge is -2.03. The first-order chi connectivity index (χ1) is 10.5. The predicted octanol–water partition coefficient (Wildman–Crippen LogP) is 2.90. The normalized spacial score (nSPS) is 11.3. The second-order valence-electron chi connectivity index (χ2n) is 4.41. The van der Waals surface area contributed by atoms with Gasteiger partial charge in [-0.2, -0.15) is 9.97 Å². The van der Waals surface area contributed by atoms with Crippen molar-refractivity contribution in [3.8, 4) is 6.01 Å². The van der Waals surface area contributed by atoms with Gasteiger partial charge in [-0.15, -0.1) is 0 Å². The highest BCUT2D eigenvalue weighted by Gasteiger charge is 2.06. The van der Waals surface area contributed by atoms with Gasteiger partial charge in [0.05, 0.1) is 18.7 Å². The van der Waals surface area contributed by atoms with E-state index in [1.165, 1.54) is 12.6 Å². The molecule has 0 aliphatic carbocycles. The number of aliphatic imine (C=N–C) groups is 1. The summed E-state index contributed by atoms with van der Waals surface area (Å²) in [5, 5.41) is 4.36. The Labute approximate surface area is 131 Å². The summed E-state index contributed by atoms with van der Waals surface area (Å²) in [4.78, 5) is 18.0. The number of benzene rings is 1. The zero-order valence-corrected chi connectivity index (χ0v) is 12.7. The van der Waals surface area contributed by atoms with Gasteiger partial charge in [0.25, 0.3) is 0 Å². The Kier molecular flexibility index (Phi) is 5.37. The quantitative estimate of drug-likeness (QED) is 0.482. The van der Waals surface area contributed by atoms with Crippen LogP contribution in [0.4, 0.5) is 10.2 Å². The molecule has 1 aromatic heterocycles. The number of oxime groups is 1. The van der Waals surface area contributed by atoms with Crippen LogP contribution >= 0.6 is 11.6 Å². The molecule has 0 saturated heterocycles. The monoisotopic (exact) mass is 321 g/mol. The van der Waals surface area contributed by atoms with Crippen molar-refractivity contribution in [2.75, 3.05) is 14.1 Å². The van der Waals surface area contributed by atoms with Crippen molar-refractivity contribution in [2.24, 2.45) is 10.1 Å². The van der Waals surface area contributed by atoms with E-state index in [1.54, 1.807) is 43.3 Å². The minimum atomic E-state index is -0.646. The van der Waals surface area contributed by atoms with Crippen LogP contribution in [0.1, 0.15) is 5.56 Å². The lowest BCUT2D eigenvalue weighted by atomic mass is 10.2. The lowest BCUT2D eigenvalue weighted by Crippen LogP contribution is -2.07. The fourth-order valence-corrected chi connectivity index (χ4v) is 1.46. The smallest absolute Gasteiger partial charge is 0.347 e. The maximum Gasteiger partial charge on any atom is 0.347 e. The Hall–Kier alpha value is -2.54. The number of nitrogens with zero attached hydrogens (tertiary/aromatic N) is 5. The zero-order chi connectivity index (χ0) is 15.9. The van der Waals surface area contributed by atoms with Crippen LogP contribution in [0.3, 0.4) is 0 Å². The van der Waals surface area contributed by atoms with Crippen molar-refractivity contribution in [3.63, 3.8) is 0 Å². The summed E-state index contributed by atoms with van der Waals surface area (Å²) in [7, 11) is 3.52.